The fourth-order valence-electron chi connectivity index (χ4n) is 2.33. The zero-order valence-corrected chi connectivity index (χ0v) is 15.4. The van der Waals surface area contributed by atoms with Gasteiger partial charge in [0.05, 0.1) is 23.1 Å². The van der Waals surface area contributed by atoms with Crippen LogP contribution in [0, 0.1) is 12.3 Å². The van der Waals surface area contributed by atoms with Crippen LogP contribution < -0.4 is 0 Å². The van der Waals surface area contributed by atoms with E-state index < -0.39 is 5.41 Å². The Hall–Kier alpha value is -1.08. The van der Waals surface area contributed by atoms with Crippen LogP contribution in [0.2, 0.25) is 0 Å². The largest absolute Gasteiger partial charge is 0.338 e. The van der Waals surface area contributed by atoms with E-state index in [9.17, 15) is 9.59 Å². The second-order valence-corrected chi connectivity index (χ2v) is 8.65. The number of hydrogen-bond donors (Lipinski definition) is 0. The van der Waals surface area contributed by atoms with Crippen LogP contribution in [0.25, 0.3) is 0 Å². The van der Waals surface area contributed by atoms with E-state index in [2.05, 4.69) is 4.98 Å². The Morgan fingerprint density at radius 3 is 2.68 bits per heavy atom. The van der Waals surface area contributed by atoms with Gasteiger partial charge in [0.15, 0.2) is 0 Å². The molecule has 0 bridgehead atoms. The minimum atomic E-state index is -0.464. The molecule has 22 heavy (non-hydrogen) atoms. The molecule has 0 radical (unpaired) electrons. The molecular weight excluding hydrogens is 318 g/mol. The molecule has 1 saturated heterocycles. The Balaban J connectivity index is 2.05. The summed E-state index contributed by atoms with van der Waals surface area (Å²) in [6.45, 7) is 8.11. The Morgan fingerprint density at radius 1 is 1.45 bits per heavy atom. The van der Waals surface area contributed by atoms with Gasteiger partial charge in [-0.2, -0.15) is 0 Å². The number of nitrogens with zero attached hydrogens (tertiary/aromatic N) is 3. The smallest absolute Gasteiger partial charge is 0.246 e. The molecule has 2 heterocycles. The second-order valence-electron chi connectivity index (χ2n) is 6.59. The number of likely N-dealkylation sites (N-methyl/N-ethyl adjacent to an activating group) is 1. The van der Waals surface area contributed by atoms with E-state index in [0.717, 1.165) is 10.7 Å². The van der Waals surface area contributed by atoms with Crippen molar-refractivity contribution in [2.45, 2.75) is 40.3 Å². The summed E-state index contributed by atoms with van der Waals surface area (Å²) in [5.41, 5.74) is 0.436. The lowest BCUT2D eigenvalue weighted by atomic mass is 9.94. The molecule has 0 unspecified atom stereocenters. The van der Waals surface area contributed by atoms with Gasteiger partial charge in [-0.15, -0.1) is 23.1 Å². The maximum atomic E-state index is 12.7. The normalized spacial score (nSPS) is 18.6. The molecule has 122 valence electrons. The molecular formula is C15H23N3O2S2. The number of aromatic nitrogens is 1. The van der Waals surface area contributed by atoms with Gasteiger partial charge < -0.3 is 9.80 Å². The van der Waals surface area contributed by atoms with Crippen molar-refractivity contribution in [1.29, 1.82) is 0 Å². The Kier molecular flexibility index (Phi) is 5.17. The predicted molar refractivity (Wildman–Crippen MR) is 90.7 cm³/mol. The third-order valence-corrected chi connectivity index (χ3v) is 5.35. The van der Waals surface area contributed by atoms with Crippen molar-refractivity contribution in [2.24, 2.45) is 5.41 Å². The molecule has 0 aliphatic carbocycles. The third kappa shape index (κ3) is 3.81. The van der Waals surface area contributed by atoms with Crippen molar-refractivity contribution < 1.29 is 9.59 Å². The van der Waals surface area contributed by atoms with Gasteiger partial charge in [-0.05, 0) is 6.92 Å². The first kappa shape index (κ1) is 17.3. The number of aryl methyl sites for hydroxylation is 1. The van der Waals surface area contributed by atoms with Gasteiger partial charge in [-0.3, -0.25) is 9.59 Å². The van der Waals surface area contributed by atoms with Gasteiger partial charge in [-0.1, -0.05) is 20.8 Å². The summed E-state index contributed by atoms with van der Waals surface area (Å²) in [6, 6.07) is -0.360. The lowest BCUT2D eigenvalue weighted by Gasteiger charge is -2.31. The van der Waals surface area contributed by atoms with Gasteiger partial charge in [0.1, 0.15) is 6.04 Å². The van der Waals surface area contributed by atoms with Gasteiger partial charge >= 0.3 is 0 Å². The van der Waals surface area contributed by atoms with Crippen LogP contribution in [0.3, 0.4) is 0 Å². The first-order valence-corrected chi connectivity index (χ1v) is 9.28. The molecule has 2 rings (SSSR count). The quantitative estimate of drug-likeness (QED) is 0.847. The van der Waals surface area contributed by atoms with Crippen molar-refractivity contribution in [2.75, 3.05) is 18.7 Å². The van der Waals surface area contributed by atoms with Crippen LogP contribution in [0.15, 0.2) is 5.38 Å². The number of hydrogen-bond acceptors (Lipinski definition) is 5. The molecule has 0 aromatic carbocycles. The minimum Gasteiger partial charge on any atom is -0.338 e. The first-order chi connectivity index (χ1) is 10.2. The molecule has 0 N–H and O–H groups in total. The summed E-state index contributed by atoms with van der Waals surface area (Å²) in [5, 5.41) is 2.97. The highest BCUT2D eigenvalue weighted by molar-refractivity contribution is 7.99. The SMILES string of the molecule is Cc1nc(CN(C)C(=O)[C@H]2CSCN2C(=O)C(C)(C)C)cs1. The molecule has 7 heteroatoms. The molecule has 0 spiro atoms. The van der Waals surface area contributed by atoms with Gasteiger partial charge in [0.2, 0.25) is 11.8 Å². The molecule has 1 aromatic rings. The highest BCUT2D eigenvalue weighted by Gasteiger charge is 2.40. The number of carbonyl (C=O) groups is 2. The molecule has 5 nitrogen and oxygen atoms in total. The second kappa shape index (κ2) is 6.58. The van der Waals surface area contributed by atoms with E-state index in [1.165, 1.54) is 0 Å². The van der Waals surface area contributed by atoms with E-state index in [0.29, 0.717) is 18.2 Å². The Labute approximate surface area is 140 Å². The van der Waals surface area contributed by atoms with Crippen molar-refractivity contribution >= 4 is 34.9 Å². The molecule has 1 aromatic heterocycles. The molecule has 0 saturated carbocycles. The number of thiazole rings is 1. The van der Waals surface area contributed by atoms with E-state index in [-0.39, 0.29) is 17.9 Å². The van der Waals surface area contributed by atoms with Crippen LogP contribution in [0.5, 0.6) is 0 Å². The fourth-order valence-corrected chi connectivity index (χ4v) is 4.08. The van der Waals surface area contributed by atoms with Crippen LogP contribution >= 0.6 is 23.1 Å². The fraction of sp³-hybridized carbons (Fsp3) is 0.667. The average molecular weight is 342 g/mol. The van der Waals surface area contributed by atoms with Gasteiger partial charge in [0.25, 0.3) is 0 Å². The monoisotopic (exact) mass is 341 g/mol. The lowest BCUT2D eigenvalue weighted by molar-refractivity contribution is -0.147. The molecule has 2 amide bonds. The highest BCUT2D eigenvalue weighted by atomic mass is 32.2. The van der Waals surface area contributed by atoms with E-state index in [1.807, 2.05) is 33.1 Å². The first-order valence-electron chi connectivity index (χ1n) is 7.25. The van der Waals surface area contributed by atoms with Gasteiger partial charge in [0, 0.05) is 23.6 Å². The predicted octanol–water partition coefficient (Wildman–Crippen LogP) is 2.36. The minimum absolute atomic E-state index is 0.00625. The maximum Gasteiger partial charge on any atom is 0.246 e. The average Bonchev–Trinajstić information content (AvgIpc) is 3.04. The molecule has 1 aliphatic rings. The highest BCUT2D eigenvalue weighted by Crippen LogP contribution is 2.28. The number of thioether (sulfide) groups is 1. The van der Waals surface area contributed by atoms with Crippen LogP contribution in [-0.4, -0.2) is 51.3 Å². The summed E-state index contributed by atoms with van der Waals surface area (Å²) in [4.78, 5) is 33.0. The van der Waals surface area contributed by atoms with Crippen molar-refractivity contribution in [3.63, 3.8) is 0 Å². The zero-order valence-electron chi connectivity index (χ0n) is 13.8. The van der Waals surface area contributed by atoms with Crippen molar-refractivity contribution in [3.8, 4) is 0 Å². The summed E-state index contributed by atoms with van der Waals surface area (Å²) in [5.74, 6) is 1.29. The topological polar surface area (TPSA) is 53.5 Å². The van der Waals surface area contributed by atoms with Crippen LogP contribution in [0.1, 0.15) is 31.5 Å². The summed E-state index contributed by atoms with van der Waals surface area (Å²) >= 11 is 3.22. The molecule has 1 fully saturated rings. The maximum absolute atomic E-state index is 12.7. The summed E-state index contributed by atoms with van der Waals surface area (Å²) in [6.07, 6.45) is 0. The Bertz CT molecular complexity index is 565. The molecule has 1 aliphatic heterocycles. The number of carbonyl (C=O) groups excluding carboxylic acids is 2. The Morgan fingerprint density at radius 2 is 2.14 bits per heavy atom. The van der Waals surface area contributed by atoms with Crippen molar-refractivity contribution in [1.82, 2.24) is 14.8 Å². The van der Waals surface area contributed by atoms with E-state index in [4.69, 9.17) is 0 Å². The van der Waals surface area contributed by atoms with Crippen molar-refractivity contribution in [3.05, 3.63) is 16.1 Å². The number of rotatable bonds is 3. The lowest BCUT2D eigenvalue weighted by Crippen LogP contribution is -2.50. The number of amides is 2. The van der Waals surface area contributed by atoms with E-state index >= 15 is 0 Å². The van der Waals surface area contributed by atoms with Crippen LogP contribution in [0.4, 0.5) is 0 Å². The summed E-state index contributed by atoms with van der Waals surface area (Å²) < 4.78 is 0. The van der Waals surface area contributed by atoms with Crippen LogP contribution in [-0.2, 0) is 16.1 Å². The standard InChI is InChI=1S/C15H23N3O2S2/c1-10-16-11(7-22-10)6-17(5)13(19)12-8-21-9-18(12)14(20)15(2,3)4/h7,12H,6,8-9H2,1-5H3/t12-/m1/s1. The third-order valence-electron chi connectivity index (χ3n) is 3.51. The summed E-state index contributed by atoms with van der Waals surface area (Å²) in [7, 11) is 1.78. The van der Waals surface area contributed by atoms with Gasteiger partial charge in [-0.25, -0.2) is 4.98 Å². The zero-order chi connectivity index (χ0) is 16.5. The van der Waals surface area contributed by atoms with E-state index in [1.54, 1.807) is 39.9 Å². The molecule has 1 atom stereocenters.